The molecule has 0 bridgehead atoms. The standard InChI is InChI=1S/C22H26FN3O4S2/c1-21(2,3)30-20(28)26-11-16(15-8-7-13(23)9-17(15)26)18(27)19-25-14(12-31-19)10-24-32(29)22(4,5)6/h7-9,11-12,24H,10H2,1-6H3/t32-/m0/s1. The van der Waals surface area contributed by atoms with Gasteiger partial charge >= 0.3 is 6.09 Å². The summed E-state index contributed by atoms with van der Waals surface area (Å²) in [6.45, 7) is 11.0. The van der Waals surface area contributed by atoms with Crippen LogP contribution in [-0.2, 0) is 22.6 Å². The number of fused-ring (bicyclic) bond motifs is 1. The van der Waals surface area contributed by atoms with Crippen LogP contribution >= 0.6 is 11.3 Å². The summed E-state index contributed by atoms with van der Waals surface area (Å²) in [5, 5.41) is 2.36. The fraction of sp³-hybridized carbons (Fsp3) is 0.409. The van der Waals surface area contributed by atoms with E-state index < -0.39 is 39.4 Å². The first-order chi connectivity index (χ1) is 14.8. The van der Waals surface area contributed by atoms with Crippen molar-refractivity contribution in [3.63, 3.8) is 0 Å². The second kappa shape index (κ2) is 8.93. The van der Waals surface area contributed by atoms with Crippen molar-refractivity contribution in [3.05, 3.63) is 51.9 Å². The summed E-state index contributed by atoms with van der Waals surface area (Å²) in [4.78, 5) is 30.2. The molecule has 7 nitrogen and oxygen atoms in total. The first kappa shape index (κ1) is 24.4. The highest BCUT2D eigenvalue weighted by molar-refractivity contribution is 7.90. The summed E-state index contributed by atoms with van der Waals surface area (Å²) in [6, 6.07) is 3.88. The molecule has 10 heteroatoms. The summed E-state index contributed by atoms with van der Waals surface area (Å²) < 4.78 is 35.1. The average Bonchev–Trinajstić information content (AvgIpc) is 3.28. The minimum Gasteiger partial charge on any atom is -0.598 e. The monoisotopic (exact) mass is 479 g/mol. The van der Waals surface area contributed by atoms with E-state index in [1.165, 1.54) is 24.4 Å². The number of carbonyl (C=O) groups is 2. The number of halogens is 1. The van der Waals surface area contributed by atoms with E-state index in [4.69, 9.17) is 4.74 Å². The predicted octanol–water partition coefficient (Wildman–Crippen LogP) is 4.80. The van der Waals surface area contributed by atoms with Crippen molar-refractivity contribution in [2.75, 3.05) is 0 Å². The topological polar surface area (TPSA) is 96.3 Å². The van der Waals surface area contributed by atoms with Gasteiger partial charge in [-0.05, 0) is 59.7 Å². The van der Waals surface area contributed by atoms with Gasteiger partial charge in [-0.15, -0.1) is 16.1 Å². The number of nitrogens with zero attached hydrogens (tertiary/aromatic N) is 2. The zero-order valence-corrected chi connectivity index (χ0v) is 20.4. The molecule has 1 N–H and O–H groups in total. The lowest BCUT2D eigenvalue weighted by Crippen LogP contribution is -2.39. The Balaban J connectivity index is 1.91. The van der Waals surface area contributed by atoms with E-state index >= 15 is 0 Å². The highest BCUT2D eigenvalue weighted by Crippen LogP contribution is 2.27. The van der Waals surface area contributed by atoms with Crippen LogP contribution in [0.25, 0.3) is 10.9 Å². The molecule has 1 aromatic carbocycles. The van der Waals surface area contributed by atoms with Crippen molar-refractivity contribution >= 4 is 45.5 Å². The third kappa shape index (κ3) is 5.55. The molecule has 0 aliphatic rings. The third-order valence-corrected chi connectivity index (χ3v) is 6.70. The van der Waals surface area contributed by atoms with E-state index in [2.05, 4.69) is 9.71 Å². The molecule has 2 heterocycles. The zero-order valence-electron chi connectivity index (χ0n) is 18.8. The summed E-state index contributed by atoms with van der Waals surface area (Å²) in [7, 11) is 0. The molecule has 172 valence electrons. The van der Waals surface area contributed by atoms with Crippen molar-refractivity contribution in [3.8, 4) is 0 Å². The first-order valence-corrected chi connectivity index (χ1v) is 12.0. The van der Waals surface area contributed by atoms with Crippen molar-refractivity contribution in [2.45, 2.75) is 58.4 Å². The van der Waals surface area contributed by atoms with Gasteiger partial charge in [0, 0.05) is 28.3 Å². The number of thiazole rings is 1. The van der Waals surface area contributed by atoms with Crippen LogP contribution in [0.1, 0.15) is 62.6 Å². The lowest BCUT2D eigenvalue weighted by atomic mass is 10.1. The summed E-state index contributed by atoms with van der Waals surface area (Å²) >= 11 is -0.115. The molecule has 0 amide bonds. The number of ether oxygens (including phenoxy) is 1. The van der Waals surface area contributed by atoms with E-state index in [1.807, 2.05) is 20.8 Å². The van der Waals surface area contributed by atoms with Gasteiger partial charge in [-0.3, -0.25) is 9.36 Å². The number of hydrogen-bond acceptors (Lipinski definition) is 7. The second-order valence-corrected chi connectivity index (χ2v) is 12.1. The van der Waals surface area contributed by atoms with Gasteiger partial charge in [-0.2, -0.15) is 0 Å². The van der Waals surface area contributed by atoms with Crippen molar-refractivity contribution < 1.29 is 23.3 Å². The van der Waals surface area contributed by atoms with Gasteiger partial charge in [-0.25, -0.2) is 14.2 Å². The molecule has 0 aliphatic carbocycles. The van der Waals surface area contributed by atoms with Crippen molar-refractivity contribution in [1.82, 2.24) is 14.3 Å². The number of benzene rings is 1. The molecular weight excluding hydrogens is 453 g/mol. The Kier molecular flexibility index (Phi) is 6.80. The molecule has 1 atom stereocenters. The number of aromatic nitrogens is 2. The highest BCUT2D eigenvalue weighted by atomic mass is 32.2. The quantitative estimate of drug-likeness (QED) is 0.417. The van der Waals surface area contributed by atoms with Crippen molar-refractivity contribution in [1.29, 1.82) is 0 Å². The van der Waals surface area contributed by atoms with Gasteiger partial charge in [-0.1, -0.05) is 0 Å². The van der Waals surface area contributed by atoms with E-state index in [0.29, 0.717) is 11.1 Å². The van der Waals surface area contributed by atoms with E-state index in [0.717, 1.165) is 15.9 Å². The minimum absolute atomic E-state index is 0.218. The Morgan fingerprint density at radius 1 is 1.25 bits per heavy atom. The van der Waals surface area contributed by atoms with Crippen LogP contribution in [-0.4, -0.2) is 36.3 Å². The Labute approximate surface area is 193 Å². The lowest BCUT2D eigenvalue weighted by Gasteiger charge is -2.23. The Morgan fingerprint density at radius 2 is 1.94 bits per heavy atom. The number of hydrogen-bond donors (Lipinski definition) is 1. The van der Waals surface area contributed by atoms with E-state index in [1.54, 1.807) is 26.2 Å². The molecule has 3 aromatic rings. The molecule has 2 aromatic heterocycles. The second-order valence-electron chi connectivity index (χ2n) is 9.23. The number of carbonyl (C=O) groups excluding carboxylic acids is 2. The van der Waals surface area contributed by atoms with E-state index in [-0.39, 0.29) is 22.6 Å². The molecule has 0 fully saturated rings. The Bertz CT molecular complexity index is 1160. The van der Waals surface area contributed by atoms with Crippen LogP contribution in [0.3, 0.4) is 0 Å². The third-order valence-electron chi connectivity index (χ3n) is 4.29. The van der Waals surface area contributed by atoms with Crippen LogP contribution in [0.15, 0.2) is 29.8 Å². The normalized spacial score (nSPS) is 13.4. The van der Waals surface area contributed by atoms with Gasteiger partial charge in [0.1, 0.15) is 16.2 Å². The summed E-state index contributed by atoms with van der Waals surface area (Å²) in [5.41, 5.74) is 0.285. The maximum absolute atomic E-state index is 13.9. The molecular formula is C22H26FN3O4S2. The van der Waals surface area contributed by atoms with E-state index in [9.17, 15) is 18.5 Å². The van der Waals surface area contributed by atoms with Gasteiger partial charge in [0.2, 0.25) is 5.78 Å². The van der Waals surface area contributed by atoms with Gasteiger partial charge in [0.15, 0.2) is 5.01 Å². The molecule has 0 saturated carbocycles. The minimum atomic E-state index is -1.27. The van der Waals surface area contributed by atoms with Gasteiger partial charge < -0.3 is 9.29 Å². The Morgan fingerprint density at radius 3 is 2.56 bits per heavy atom. The number of nitrogens with one attached hydrogen (secondary N) is 1. The zero-order chi connectivity index (χ0) is 23.8. The van der Waals surface area contributed by atoms with Crippen LogP contribution in [0, 0.1) is 5.82 Å². The first-order valence-electron chi connectivity index (χ1n) is 9.95. The molecule has 3 rings (SSSR count). The van der Waals surface area contributed by atoms with Crippen LogP contribution in [0.4, 0.5) is 9.18 Å². The lowest BCUT2D eigenvalue weighted by molar-refractivity contribution is 0.0544. The number of rotatable bonds is 5. The molecule has 32 heavy (non-hydrogen) atoms. The fourth-order valence-electron chi connectivity index (χ4n) is 2.81. The smallest absolute Gasteiger partial charge is 0.419 e. The van der Waals surface area contributed by atoms with Crippen LogP contribution < -0.4 is 4.72 Å². The highest BCUT2D eigenvalue weighted by Gasteiger charge is 2.27. The number of ketones is 1. The van der Waals surface area contributed by atoms with Gasteiger partial charge in [0.05, 0.1) is 23.3 Å². The van der Waals surface area contributed by atoms with Crippen molar-refractivity contribution in [2.24, 2.45) is 0 Å². The fourth-order valence-corrected chi connectivity index (χ4v) is 4.29. The maximum Gasteiger partial charge on any atom is 0.419 e. The molecule has 0 radical (unpaired) electrons. The molecule has 0 unspecified atom stereocenters. The molecule has 0 spiro atoms. The summed E-state index contributed by atoms with van der Waals surface area (Å²) in [5.74, 6) is -0.925. The summed E-state index contributed by atoms with van der Waals surface area (Å²) in [6.07, 6.45) is 0.648. The largest absolute Gasteiger partial charge is 0.598 e. The Hall–Kier alpha value is -2.27. The SMILES string of the molecule is CC(C)(C)OC(=O)n1cc(C(=O)c2nc(CN[S@@+]([O-])C(C)(C)C)cs2)c2ccc(F)cc21. The van der Waals surface area contributed by atoms with Gasteiger partial charge in [0.25, 0.3) is 0 Å². The average molecular weight is 480 g/mol. The van der Waals surface area contributed by atoms with Crippen LogP contribution in [0.2, 0.25) is 0 Å². The predicted molar refractivity (Wildman–Crippen MR) is 124 cm³/mol. The molecule has 0 saturated heterocycles. The maximum atomic E-state index is 13.9. The van der Waals surface area contributed by atoms with Crippen LogP contribution in [0.5, 0.6) is 0 Å². The molecule has 0 aliphatic heterocycles.